The van der Waals surface area contributed by atoms with E-state index in [4.69, 9.17) is 14.3 Å². The molecule has 0 radical (unpaired) electrons. The van der Waals surface area contributed by atoms with Gasteiger partial charge >= 0.3 is 0 Å². The van der Waals surface area contributed by atoms with Crippen LogP contribution in [-0.4, -0.2) is 47.2 Å². The molecule has 0 spiro atoms. The Hall–Kier alpha value is -2.67. The van der Waals surface area contributed by atoms with Crippen LogP contribution in [0.15, 0.2) is 45.4 Å². The van der Waals surface area contributed by atoms with Gasteiger partial charge in [-0.2, -0.15) is 4.98 Å². The number of aliphatic imine (C=N–C) groups is 1. The first-order valence-electron chi connectivity index (χ1n) is 10.4. The van der Waals surface area contributed by atoms with Crippen molar-refractivity contribution in [1.82, 2.24) is 20.4 Å². The van der Waals surface area contributed by atoms with E-state index in [1.165, 1.54) is 11.1 Å². The SMILES string of the molecule is CCNC(=NCc1nc(C(C)OCC)no1)N1CCC(=Cc2ccccc2)CC1. The predicted octanol–water partition coefficient (Wildman–Crippen LogP) is 3.81. The summed E-state index contributed by atoms with van der Waals surface area (Å²) in [6, 6.07) is 10.5. The van der Waals surface area contributed by atoms with E-state index in [1.807, 2.05) is 19.9 Å². The van der Waals surface area contributed by atoms with Gasteiger partial charge in [0, 0.05) is 26.2 Å². The molecule has 0 bridgehead atoms. The maximum absolute atomic E-state index is 5.51. The van der Waals surface area contributed by atoms with E-state index in [2.05, 4.69) is 57.6 Å². The number of ether oxygens (including phenoxy) is 1. The number of aromatic nitrogens is 2. The summed E-state index contributed by atoms with van der Waals surface area (Å²) in [5.74, 6) is 1.96. The Morgan fingerprint density at radius 1 is 1.28 bits per heavy atom. The van der Waals surface area contributed by atoms with Crippen LogP contribution >= 0.6 is 0 Å². The van der Waals surface area contributed by atoms with Crippen LogP contribution in [0.3, 0.4) is 0 Å². The number of hydrogen-bond acceptors (Lipinski definition) is 5. The maximum Gasteiger partial charge on any atom is 0.248 e. The maximum atomic E-state index is 5.51. The lowest BCUT2D eigenvalue weighted by molar-refractivity contribution is 0.0683. The molecule has 1 atom stereocenters. The lowest BCUT2D eigenvalue weighted by Crippen LogP contribution is -2.44. The van der Waals surface area contributed by atoms with Crippen molar-refractivity contribution in [3.05, 3.63) is 53.2 Å². The Morgan fingerprint density at radius 3 is 2.72 bits per heavy atom. The molecule has 1 fully saturated rings. The molecule has 7 heteroatoms. The third-order valence-electron chi connectivity index (χ3n) is 4.84. The van der Waals surface area contributed by atoms with Gasteiger partial charge in [0.1, 0.15) is 12.6 Å². The van der Waals surface area contributed by atoms with E-state index < -0.39 is 0 Å². The van der Waals surface area contributed by atoms with Gasteiger partial charge in [0.05, 0.1) is 0 Å². The smallest absolute Gasteiger partial charge is 0.248 e. The van der Waals surface area contributed by atoms with Crippen LogP contribution in [0.2, 0.25) is 0 Å². The van der Waals surface area contributed by atoms with Crippen molar-refractivity contribution in [1.29, 1.82) is 0 Å². The number of hydrogen-bond donors (Lipinski definition) is 1. The number of rotatable bonds is 7. The van der Waals surface area contributed by atoms with Crippen LogP contribution in [0, 0.1) is 0 Å². The molecule has 3 rings (SSSR count). The fraction of sp³-hybridized carbons (Fsp3) is 0.500. The highest BCUT2D eigenvalue weighted by Crippen LogP contribution is 2.20. The van der Waals surface area contributed by atoms with Crippen molar-refractivity contribution in [2.24, 2.45) is 4.99 Å². The second-order valence-electron chi connectivity index (χ2n) is 7.01. The number of piperidine rings is 1. The molecule has 0 saturated carbocycles. The lowest BCUT2D eigenvalue weighted by atomic mass is 10.0. The highest BCUT2D eigenvalue weighted by molar-refractivity contribution is 5.80. The zero-order valence-corrected chi connectivity index (χ0v) is 17.6. The van der Waals surface area contributed by atoms with Gasteiger partial charge in [0.2, 0.25) is 5.89 Å². The molecule has 2 heterocycles. The van der Waals surface area contributed by atoms with Crippen molar-refractivity contribution in [3.63, 3.8) is 0 Å². The minimum absolute atomic E-state index is 0.174. The molecule has 1 aliphatic rings. The first kappa shape index (κ1) is 21.0. The number of likely N-dealkylation sites (tertiary alicyclic amines) is 1. The molecule has 156 valence electrons. The molecule has 1 saturated heterocycles. The van der Waals surface area contributed by atoms with Crippen molar-refractivity contribution in [3.8, 4) is 0 Å². The summed E-state index contributed by atoms with van der Waals surface area (Å²) in [5, 5.41) is 7.38. The molecule has 2 aromatic rings. The van der Waals surface area contributed by atoms with E-state index in [0.29, 0.717) is 24.9 Å². The normalized spacial score (nSPS) is 16.0. The summed E-state index contributed by atoms with van der Waals surface area (Å²) in [6.07, 6.45) is 4.21. The summed E-state index contributed by atoms with van der Waals surface area (Å²) < 4.78 is 10.8. The molecule has 1 unspecified atom stereocenters. The molecule has 1 aromatic heterocycles. The van der Waals surface area contributed by atoms with E-state index >= 15 is 0 Å². The largest absolute Gasteiger partial charge is 0.371 e. The van der Waals surface area contributed by atoms with E-state index in [1.54, 1.807) is 0 Å². The quantitative estimate of drug-likeness (QED) is 0.566. The summed E-state index contributed by atoms with van der Waals surface area (Å²) in [7, 11) is 0. The molecule has 7 nitrogen and oxygen atoms in total. The first-order chi connectivity index (χ1) is 14.2. The first-order valence-corrected chi connectivity index (χ1v) is 10.4. The number of nitrogens with zero attached hydrogens (tertiary/aromatic N) is 4. The number of guanidine groups is 1. The summed E-state index contributed by atoms with van der Waals surface area (Å²) in [4.78, 5) is 11.4. The second kappa shape index (κ2) is 10.8. The third kappa shape index (κ3) is 6.15. The summed E-state index contributed by atoms with van der Waals surface area (Å²) >= 11 is 0. The molecule has 0 amide bonds. The fourth-order valence-corrected chi connectivity index (χ4v) is 3.33. The van der Waals surface area contributed by atoms with Gasteiger partial charge in [-0.25, -0.2) is 4.99 Å². The van der Waals surface area contributed by atoms with Gasteiger partial charge in [0.15, 0.2) is 11.8 Å². The van der Waals surface area contributed by atoms with Gasteiger partial charge < -0.3 is 19.5 Å². The highest BCUT2D eigenvalue weighted by atomic mass is 16.5. The fourth-order valence-electron chi connectivity index (χ4n) is 3.33. The summed E-state index contributed by atoms with van der Waals surface area (Å²) in [6.45, 7) is 9.62. The van der Waals surface area contributed by atoms with Crippen LogP contribution in [0.25, 0.3) is 6.08 Å². The minimum Gasteiger partial charge on any atom is -0.371 e. The molecule has 1 aromatic carbocycles. The molecular formula is C22H31N5O2. The standard InChI is InChI=1S/C22H31N5O2/c1-4-23-22(24-16-20-25-21(26-29-20)17(3)28-5-2)27-13-11-19(12-14-27)15-18-9-7-6-8-10-18/h6-10,15,17H,4-5,11-14,16H2,1-3H3,(H,23,24). The highest BCUT2D eigenvalue weighted by Gasteiger charge is 2.18. The number of benzene rings is 1. The van der Waals surface area contributed by atoms with Crippen molar-refractivity contribution in [2.45, 2.75) is 46.3 Å². The van der Waals surface area contributed by atoms with Crippen LogP contribution in [-0.2, 0) is 11.3 Å². The minimum atomic E-state index is -0.174. The molecule has 0 aliphatic carbocycles. The van der Waals surface area contributed by atoms with Crippen LogP contribution in [0.4, 0.5) is 0 Å². The molecular weight excluding hydrogens is 366 g/mol. The van der Waals surface area contributed by atoms with Gasteiger partial charge in [0.25, 0.3) is 0 Å². The molecule has 1 aliphatic heterocycles. The van der Waals surface area contributed by atoms with Crippen molar-refractivity contribution < 1.29 is 9.26 Å². The van der Waals surface area contributed by atoms with Gasteiger partial charge in [-0.3, -0.25) is 0 Å². The average Bonchev–Trinajstić information content (AvgIpc) is 3.22. The number of nitrogens with one attached hydrogen (secondary N) is 1. The van der Waals surface area contributed by atoms with Crippen LogP contribution < -0.4 is 5.32 Å². The third-order valence-corrected chi connectivity index (χ3v) is 4.84. The Kier molecular flexibility index (Phi) is 7.81. The van der Waals surface area contributed by atoms with E-state index in [9.17, 15) is 0 Å². The topological polar surface area (TPSA) is 75.8 Å². The Bertz CT molecular complexity index is 806. The predicted molar refractivity (Wildman–Crippen MR) is 114 cm³/mol. The van der Waals surface area contributed by atoms with Crippen LogP contribution in [0.5, 0.6) is 0 Å². The Morgan fingerprint density at radius 2 is 2.03 bits per heavy atom. The zero-order valence-electron chi connectivity index (χ0n) is 17.6. The van der Waals surface area contributed by atoms with Gasteiger partial charge in [-0.05, 0) is 39.2 Å². The molecule has 1 N–H and O–H groups in total. The van der Waals surface area contributed by atoms with Crippen molar-refractivity contribution in [2.75, 3.05) is 26.2 Å². The lowest BCUT2D eigenvalue weighted by Gasteiger charge is -2.31. The van der Waals surface area contributed by atoms with E-state index in [0.717, 1.165) is 38.4 Å². The Balaban J connectivity index is 1.59. The van der Waals surface area contributed by atoms with Crippen molar-refractivity contribution >= 4 is 12.0 Å². The second-order valence-corrected chi connectivity index (χ2v) is 7.01. The zero-order chi connectivity index (χ0) is 20.5. The van der Waals surface area contributed by atoms with E-state index in [-0.39, 0.29) is 6.10 Å². The monoisotopic (exact) mass is 397 g/mol. The van der Waals surface area contributed by atoms with Crippen LogP contribution in [0.1, 0.15) is 57.0 Å². The Labute approximate surface area is 172 Å². The average molecular weight is 398 g/mol. The summed E-state index contributed by atoms with van der Waals surface area (Å²) in [5.41, 5.74) is 2.75. The molecule has 29 heavy (non-hydrogen) atoms. The van der Waals surface area contributed by atoms with Gasteiger partial charge in [-0.1, -0.05) is 47.1 Å². The van der Waals surface area contributed by atoms with Gasteiger partial charge in [-0.15, -0.1) is 0 Å².